The highest BCUT2D eigenvalue weighted by Gasteiger charge is 2.22. The van der Waals surface area contributed by atoms with Crippen molar-refractivity contribution in [2.24, 2.45) is 5.10 Å². The zero-order chi connectivity index (χ0) is 23.3. The van der Waals surface area contributed by atoms with Crippen molar-refractivity contribution in [3.8, 4) is 5.75 Å². The molecule has 0 fully saturated rings. The van der Waals surface area contributed by atoms with Gasteiger partial charge >= 0.3 is 0 Å². The molecular weight excluding hydrogens is 439 g/mol. The maximum Gasteiger partial charge on any atom is 0.295 e. The Morgan fingerprint density at radius 2 is 1.75 bits per heavy atom. The monoisotopic (exact) mass is 458 g/mol. The number of methoxy groups -OCH3 is 1. The number of rotatable bonds is 8. The third kappa shape index (κ3) is 5.19. The molecule has 0 aromatic heterocycles. The van der Waals surface area contributed by atoms with Crippen LogP contribution in [0.25, 0.3) is 0 Å². The third-order valence-electron chi connectivity index (χ3n) is 4.43. The summed E-state index contributed by atoms with van der Waals surface area (Å²) in [5.74, 6) is -0.0989. The lowest BCUT2D eigenvalue weighted by molar-refractivity contribution is -0.384. The molecule has 3 aromatic carbocycles. The van der Waals surface area contributed by atoms with Crippen molar-refractivity contribution < 1.29 is 22.5 Å². The van der Waals surface area contributed by atoms with Gasteiger partial charge in [0.15, 0.2) is 0 Å². The minimum absolute atomic E-state index is 0.00676. The van der Waals surface area contributed by atoms with Crippen LogP contribution in [0.4, 0.5) is 21.5 Å². The van der Waals surface area contributed by atoms with Gasteiger partial charge in [0.05, 0.1) is 28.3 Å². The van der Waals surface area contributed by atoms with Crippen LogP contribution in [0.1, 0.15) is 12.5 Å². The lowest BCUT2D eigenvalue weighted by Crippen LogP contribution is -2.14. The van der Waals surface area contributed by atoms with Gasteiger partial charge < -0.3 is 4.74 Å². The molecule has 0 amide bonds. The number of sulfonamides is 1. The number of nitrogens with zero attached hydrogens (tertiary/aromatic N) is 2. The molecule has 32 heavy (non-hydrogen) atoms. The van der Waals surface area contributed by atoms with E-state index in [1.165, 1.54) is 49.6 Å². The van der Waals surface area contributed by atoms with Crippen molar-refractivity contribution in [2.45, 2.75) is 11.8 Å². The Hall–Kier alpha value is -3.99. The fourth-order valence-corrected chi connectivity index (χ4v) is 3.85. The normalized spacial score (nSPS) is 11.7. The van der Waals surface area contributed by atoms with Crippen LogP contribution in [0.5, 0.6) is 5.75 Å². The molecule has 0 unspecified atom stereocenters. The molecule has 166 valence electrons. The average molecular weight is 458 g/mol. The number of nitrogens with one attached hydrogen (secondary N) is 2. The van der Waals surface area contributed by atoms with Crippen molar-refractivity contribution in [1.29, 1.82) is 0 Å². The first-order chi connectivity index (χ1) is 15.2. The molecule has 0 saturated carbocycles. The number of nitro groups is 1. The maximum atomic E-state index is 13.1. The summed E-state index contributed by atoms with van der Waals surface area (Å²) in [6.07, 6.45) is 0. The Balaban J connectivity index is 1.89. The summed E-state index contributed by atoms with van der Waals surface area (Å²) in [5, 5.41) is 15.6. The SMILES string of the molecule is COc1ccccc1NS(=O)(=O)c1ccc(NN=C(C)c2ccc(F)cc2)c([N+](=O)[O-])c1. The highest BCUT2D eigenvalue weighted by Crippen LogP contribution is 2.30. The summed E-state index contributed by atoms with van der Waals surface area (Å²) >= 11 is 0. The second-order valence-electron chi connectivity index (χ2n) is 6.56. The first-order valence-electron chi connectivity index (χ1n) is 9.22. The van der Waals surface area contributed by atoms with Gasteiger partial charge in [0.1, 0.15) is 17.3 Å². The van der Waals surface area contributed by atoms with Gasteiger partial charge in [0.2, 0.25) is 0 Å². The summed E-state index contributed by atoms with van der Waals surface area (Å²) < 4.78 is 46.1. The van der Waals surface area contributed by atoms with E-state index in [4.69, 9.17) is 4.74 Å². The molecule has 0 aliphatic heterocycles. The molecule has 0 aliphatic carbocycles. The van der Waals surface area contributed by atoms with E-state index in [2.05, 4.69) is 15.2 Å². The van der Waals surface area contributed by atoms with E-state index >= 15 is 0 Å². The smallest absolute Gasteiger partial charge is 0.295 e. The number of nitro benzene ring substituents is 1. The van der Waals surface area contributed by atoms with E-state index in [0.29, 0.717) is 17.0 Å². The largest absolute Gasteiger partial charge is 0.495 e. The van der Waals surface area contributed by atoms with Crippen LogP contribution in [-0.4, -0.2) is 26.2 Å². The molecule has 0 atom stereocenters. The predicted molar refractivity (Wildman–Crippen MR) is 119 cm³/mol. The summed E-state index contributed by atoms with van der Waals surface area (Å²) in [6.45, 7) is 1.64. The number of benzene rings is 3. The third-order valence-corrected chi connectivity index (χ3v) is 5.80. The first-order valence-corrected chi connectivity index (χ1v) is 10.7. The summed E-state index contributed by atoms with van der Waals surface area (Å²) in [6, 6.07) is 15.4. The molecule has 0 bridgehead atoms. The van der Waals surface area contributed by atoms with Gasteiger partial charge in [0.25, 0.3) is 15.7 Å². The second kappa shape index (κ2) is 9.43. The quantitative estimate of drug-likeness (QED) is 0.293. The van der Waals surface area contributed by atoms with Gasteiger partial charge in [-0.25, -0.2) is 12.8 Å². The van der Waals surface area contributed by atoms with Crippen LogP contribution in [0.2, 0.25) is 0 Å². The van der Waals surface area contributed by atoms with E-state index in [1.54, 1.807) is 25.1 Å². The zero-order valence-electron chi connectivity index (χ0n) is 17.1. The molecule has 11 heteroatoms. The number of para-hydroxylation sites is 2. The second-order valence-corrected chi connectivity index (χ2v) is 8.24. The lowest BCUT2D eigenvalue weighted by Gasteiger charge is -2.12. The van der Waals surface area contributed by atoms with Crippen LogP contribution < -0.4 is 14.9 Å². The topological polar surface area (TPSA) is 123 Å². The highest BCUT2D eigenvalue weighted by molar-refractivity contribution is 7.92. The molecule has 0 aliphatic rings. The number of hydrazone groups is 1. The fourth-order valence-electron chi connectivity index (χ4n) is 2.76. The molecule has 3 aromatic rings. The van der Waals surface area contributed by atoms with Crippen LogP contribution >= 0.6 is 0 Å². The van der Waals surface area contributed by atoms with Gasteiger partial charge in [0, 0.05) is 6.07 Å². The van der Waals surface area contributed by atoms with Crippen molar-refractivity contribution in [3.05, 3.63) is 88.2 Å². The number of hydrogen-bond acceptors (Lipinski definition) is 7. The minimum atomic E-state index is -4.13. The van der Waals surface area contributed by atoms with E-state index in [9.17, 15) is 22.9 Å². The lowest BCUT2D eigenvalue weighted by atomic mass is 10.1. The van der Waals surface area contributed by atoms with Crippen molar-refractivity contribution >= 4 is 32.8 Å². The Morgan fingerprint density at radius 3 is 2.41 bits per heavy atom. The van der Waals surface area contributed by atoms with Crippen LogP contribution in [0, 0.1) is 15.9 Å². The molecule has 3 rings (SSSR count). The predicted octanol–water partition coefficient (Wildman–Crippen LogP) is 4.38. The average Bonchev–Trinajstić information content (AvgIpc) is 2.77. The molecule has 0 spiro atoms. The molecular formula is C21H19FN4O5S. The highest BCUT2D eigenvalue weighted by atomic mass is 32.2. The summed E-state index contributed by atoms with van der Waals surface area (Å²) in [5.41, 5.74) is 3.34. The Morgan fingerprint density at radius 1 is 1.06 bits per heavy atom. The molecule has 9 nitrogen and oxygen atoms in total. The minimum Gasteiger partial charge on any atom is -0.495 e. The number of anilines is 2. The van der Waals surface area contributed by atoms with Crippen molar-refractivity contribution in [1.82, 2.24) is 0 Å². The Bertz CT molecular complexity index is 1280. The molecule has 0 radical (unpaired) electrons. The maximum absolute atomic E-state index is 13.1. The summed E-state index contributed by atoms with van der Waals surface area (Å²) in [4.78, 5) is 10.5. The van der Waals surface area contributed by atoms with E-state index in [-0.39, 0.29) is 16.3 Å². The van der Waals surface area contributed by atoms with E-state index in [1.807, 2.05) is 0 Å². The Kier molecular flexibility index (Phi) is 6.69. The van der Waals surface area contributed by atoms with Gasteiger partial charge in [-0.05, 0) is 48.9 Å². The van der Waals surface area contributed by atoms with Gasteiger partial charge in [-0.1, -0.05) is 24.3 Å². The van der Waals surface area contributed by atoms with E-state index < -0.39 is 26.5 Å². The van der Waals surface area contributed by atoms with Crippen LogP contribution in [0.15, 0.2) is 76.7 Å². The number of hydrogen-bond donors (Lipinski definition) is 2. The van der Waals surface area contributed by atoms with Crippen LogP contribution in [0.3, 0.4) is 0 Å². The van der Waals surface area contributed by atoms with Gasteiger partial charge in [-0.3, -0.25) is 20.3 Å². The molecule has 0 heterocycles. The zero-order valence-corrected chi connectivity index (χ0v) is 17.9. The molecule has 2 N–H and O–H groups in total. The van der Waals surface area contributed by atoms with Crippen molar-refractivity contribution in [2.75, 3.05) is 17.3 Å². The standard InChI is InChI=1S/C21H19FN4O5S/c1-14(15-7-9-16(22)10-8-15)23-24-18-12-11-17(13-20(18)26(27)28)32(29,30)25-19-5-3-4-6-21(19)31-2/h3-13,24-25H,1-2H3. The van der Waals surface area contributed by atoms with Gasteiger partial charge in [-0.15, -0.1) is 0 Å². The number of halogens is 1. The Labute approximate surface area is 183 Å². The molecule has 0 saturated heterocycles. The summed E-state index contributed by atoms with van der Waals surface area (Å²) in [7, 11) is -2.73. The van der Waals surface area contributed by atoms with E-state index in [0.717, 1.165) is 6.07 Å². The number of ether oxygens (including phenoxy) is 1. The van der Waals surface area contributed by atoms with Crippen molar-refractivity contribution in [3.63, 3.8) is 0 Å². The van der Waals surface area contributed by atoms with Crippen LogP contribution in [-0.2, 0) is 10.0 Å². The van der Waals surface area contributed by atoms with Gasteiger partial charge in [-0.2, -0.15) is 5.10 Å². The first kappa shape index (κ1) is 22.7. The fraction of sp³-hybridized carbons (Fsp3) is 0.0952.